The van der Waals surface area contributed by atoms with E-state index >= 15 is 0 Å². The molecule has 2 amide bonds. The fourth-order valence-corrected chi connectivity index (χ4v) is 4.66. The van der Waals surface area contributed by atoms with E-state index in [-0.39, 0.29) is 43.3 Å². The van der Waals surface area contributed by atoms with E-state index in [0.717, 1.165) is 12.8 Å². The number of nitrogens with zero attached hydrogens (tertiary/aromatic N) is 1. The van der Waals surface area contributed by atoms with Gasteiger partial charge in [0, 0.05) is 30.5 Å². The predicted molar refractivity (Wildman–Crippen MR) is 134 cm³/mol. The molecule has 1 rings (SSSR count). The van der Waals surface area contributed by atoms with E-state index in [4.69, 9.17) is 18.5 Å². The molecule has 11 nitrogen and oxygen atoms in total. The van der Waals surface area contributed by atoms with E-state index in [1.54, 1.807) is 32.0 Å². The molecule has 0 spiro atoms. The molecule has 0 radical (unpaired) electrons. The highest BCUT2D eigenvalue weighted by Gasteiger charge is 2.29. The fourth-order valence-electron chi connectivity index (χ4n) is 2.68. The average molecular weight is 536 g/mol. The largest absolute Gasteiger partial charge is 0.462 e. The number of thioether (sulfide) groups is 1. The van der Waals surface area contributed by atoms with Crippen molar-refractivity contribution in [1.82, 2.24) is 15.3 Å². The second-order valence-electron chi connectivity index (χ2n) is 9.04. The topological polar surface area (TPSA) is 132 Å². The van der Waals surface area contributed by atoms with Gasteiger partial charge in [-0.15, -0.1) is 0 Å². The maximum absolute atomic E-state index is 12.1. The van der Waals surface area contributed by atoms with Gasteiger partial charge >= 0.3 is 5.97 Å². The van der Waals surface area contributed by atoms with Gasteiger partial charge < -0.3 is 23.4 Å². The smallest absolute Gasteiger partial charge is 0.320 e. The van der Waals surface area contributed by atoms with E-state index in [2.05, 4.69) is 5.09 Å². The number of imide groups is 1. The molecule has 0 aromatic carbocycles. The minimum Gasteiger partial charge on any atom is -0.462 e. The lowest BCUT2D eigenvalue weighted by molar-refractivity contribution is -0.146. The first-order valence-electron chi connectivity index (χ1n) is 11.4. The molecular weight excluding hydrogens is 497 g/mol. The summed E-state index contributed by atoms with van der Waals surface area (Å²) in [5, 5.41) is 5.06. The molecule has 200 valence electrons. The molecule has 0 saturated carbocycles. The molecule has 0 bridgehead atoms. The Bertz CT molecular complexity index is 732. The Morgan fingerprint density at radius 1 is 1.23 bits per heavy atom. The number of rotatable bonds is 15. The van der Waals surface area contributed by atoms with E-state index in [1.807, 2.05) is 26.1 Å². The second-order valence-corrected chi connectivity index (χ2v) is 11.5. The first kappa shape index (κ1) is 31.5. The van der Waals surface area contributed by atoms with Crippen LogP contribution in [-0.4, -0.2) is 79.3 Å². The van der Waals surface area contributed by atoms with Gasteiger partial charge in [0.2, 0.25) is 6.41 Å². The molecule has 13 heteroatoms. The van der Waals surface area contributed by atoms with Crippen LogP contribution in [-0.2, 0) is 37.7 Å². The maximum Gasteiger partial charge on any atom is 0.320 e. The minimum absolute atomic E-state index is 0.0670. The quantitative estimate of drug-likeness (QED) is 0.105. The van der Waals surface area contributed by atoms with Gasteiger partial charge in [-0.25, -0.2) is 5.09 Å². The van der Waals surface area contributed by atoms with Crippen LogP contribution in [0.4, 0.5) is 0 Å². The van der Waals surface area contributed by atoms with Crippen molar-refractivity contribution in [2.45, 2.75) is 65.9 Å². The number of carbonyl (C=O) groups excluding carboxylic acids is 4. The summed E-state index contributed by atoms with van der Waals surface area (Å²) >= 11 is 1.20. The van der Waals surface area contributed by atoms with E-state index in [1.165, 1.54) is 17.8 Å². The van der Waals surface area contributed by atoms with Gasteiger partial charge in [-0.05, 0) is 26.7 Å². The normalized spacial score (nSPS) is 19.1. The van der Waals surface area contributed by atoms with Crippen LogP contribution < -0.4 is 10.4 Å². The molecule has 0 aromatic rings. The molecule has 1 saturated heterocycles. The molecular formula is C22H38N3O8PS. The number of hydrogen-bond donors (Lipinski definition) is 2. The summed E-state index contributed by atoms with van der Waals surface area (Å²) in [7, 11) is 0.159. The summed E-state index contributed by atoms with van der Waals surface area (Å²) in [5.41, 5.74) is -0.429. The Hall–Kier alpha value is -1.56. The zero-order chi connectivity index (χ0) is 26.4. The molecule has 0 aliphatic carbocycles. The number of esters is 1. The van der Waals surface area contributed by atoms with Gasteiger partial charge in [0.25, 0.3) is 14.4 Å². The van der Waals surface area contributed by atoms with Crippen LogP contribution in [0.1, 0.15) is 47.5 Å². The highest BCUT2D eigenvalue weighted by atomic mass is 32.2. The second kappa shape index (κ2) is 16.2. The number of hydrogen-bond acceptors (Lipinski definition) is 11. The Morgan fingerprint density at radius 3 is 2.57 bits per heavy atom. The number of ether oxygens (including phenoxy) is 2. The lowest BCUT2D eigenvalue weighted by Gasteiger charge is -2.24. The monoisotopic (exact) mass is 535 g/mol. The Morgan fingerprint density at radius 2 is 1.94 bits per heavy atom. The molecule has 1 heterocycles. The molecule has 35 heavy (non-hydrogen) atoms. The fraction of sp³-hybridized carbons (Fsp3) is 0.727. The lowest BCUT2D eigenvalue weighted by atomic mass is 10.00. The van der Waals surface area contributed by atoms with Crippen molar-refractivity contribution < 1.29 is 37.7 Å². The van der Waals surface area contributed by atoms with Gasteiger partial charge in [-0.3, -0.25) is 24.5 Å². The minimum atomic E-state index is -1.61. The standard InChI is InChI=1S/C22H38N3O8PS/c1-16(2)32-20(28)13-24-34(30-11-12-35-21(29)22(3,4)5)31-14-17-7-8-19(33-17)25(6)10-9-18(27)23-15-26/h9-10,15-17,19,24H,7-8,11-14H2,1-6H3,(H,23,26,27)/b10-9-. The molecule has 1 fully saturated rings. The van der Waals surface area contributed by atoms with Gasteiger partial charge in [-0.2, -0.15) is 0 Å². The zero-order valence-electron chi connectivity index (χ0n) is 21.3. The summed E-state index contributed by atoms with van der Waals surface area (Å²) in [6.07, 6.45) is 3.90. The molecule has 1 aliphatic heterocycles. The van der Waals surface area contributed by atoms with Crippen molar-refractivity contribution in [3.05, 3.63) is 12.3 Å². The van der Waals surface area contributed by atoms with Crippen molar-refractivity contribution in [3.63, 3.8) is 0 Å². The number of carbonyl (C=O) groups is 4. The number of amides is 2. The highest BCUT2D eigenvalue weighted by molar-refractivity contribution is 8.13. The Balaban J connectivity index is 2.52. The summed E-state index contributed by atoms with van der Waals surface area (Å²) in [6, 6.07) is 0. The van der Waals surface area contributed by atoms with E-state index in [0.29, 0.717) is 12.2 Å². The molecule has 3 unspecified atom stereocenters. The zero-order valence-corrected chi connectivity index (χ0v) is 23.0. The lowest BCUT2D eigenvalue weighted by Crippen LogP contribution is -2.29. The predicted octanol–water partition coefficient (Wildman–Crippen LogP) is 2.32. The third-order valence-corrected chi connectivity index (χ3v) is 6.90. The van der Waals surface area contributed by atoms with Gasteiger partial charge in [0.1, 0.15) is 12.8 Å². The summed E-state index contributed by atoms with van der Waals surface area (Å²) in [4.78, 5) is 47.4. The first-order chi connectivity index (χ1) is 16.4. The first-order valence-corrected chi connectivity index (χ1v) is 13.5. The van der Waals surface area contributed by atoms with Crippen LogP contribution in [0.25, 0.3) is 0 Å². The summed E-state index contributed by atoms with van der Waals surface area (Å²) < 4.78 is 22.8. The average Bonchev–Trinajstić information content (AvgIpc) is 3.24. The molecule has 3 atom stereocenters. The number of nitrogens with one attached hydrogen (secondary N) is 2. The van der Waals surface area contributed by atoms with Gasteiger partial charge in [0.15, 0.2) is 5.12 Å². The third kappa shape index (κ3) is 13.9. The van der Waals surface area contributed by atoms with Gasteiger partial charge in [0.05, 0.1) is 25.4 Å². The summed E-state index contributed by atoms with van der Waals surface area (Å²) in [5.74, 6) is -0.467. The SMILES string of the molecule is CC(C)OC(=O)CNP(OCCSC(=O)C(C)(C)C)OCC1CCC(N(C)/C=C\C(=O)NC=O)O1. The van der Waals surface area contributed by atoms with Crippen molar-refractivity contribution in [1.29, 1.82) is 0 Å². The van der Waals surface area contributed by atoms with Crippen molar-refractivity contribution in [3.8, 4) is 0 Å². The highest BCUT2D eigenvalue weighted by Crippen LogP contribution is 2.35. The molecule has 2 N–H and O–H groups in total. The van der Waals surface area contributed by atoms with E-state index in [9.17, 15) is 19.2 Å². The van der Waals surface area contributed by atoms with Crippen LogP contribution >= 0.6 is 20.3 Å². The van der Waals surface area contributed by atoms with Crippen LogP contribution in [0.2, 0.25) is 0 Å². The van der Waals surface area contributed by atoms with Crippen LogP contribution in [0.5, 0.6) is 0 Å². The van der Waals surface area contributed by atoms with Crippen LogP contribution in [0, 0.1) is 5.41 Å². The van der Waals surface area contributed by atoms with Crippen molar-refractivity contribution in [2.75, 3.05) is 32.6 Å². The molecule has 0 aromatic heterocycles. The third-order valence-electron chi connectivity index (χ3n) is 4.44. The Kier molecular flexibility index (Phi) is 14.6. The molecule has 1 aliphatic rings. The van der Waals surface area contributed by atoms with Gasteiger partial charge in [-0.1, -0.05) is 32.5 Å². The summed E-state index contributed by atoms with van der Waals surface area (Å²) in [6.45, 7) is 9.58. The maximum atomic E-state index is 12.1. The van der Waals surface area contributed by atoms with Crippen molar-refractivity contribution in [2.24, 2.45) is 5.41 Å². The Labute approximate surface area is 213 Å². The van der Waals surface area contributed by atoms with E-state index < -0.39 is 25.8 Å². The van der Waals surface area contributed by atoms with Crippen LogP contribution in [0.3, 0.4) is 0 Å². The van der Waals surface area contributed by atoms with Crippen molar-refractivity contribution >= 4 is 43.7 Å². The van der Waals surface area contributed by atoms with Crippen LogP contribution in [0.15, 0.2) is 12.3 Å².